The Morgan fingerprint density at radius 1 is 1.32 bits per heavy atom. The molecular formula is C17H22N4O4. The monoisotopic (exact) mass is 346 g/mol. The van der Waals surface area contributed by atoms with E-state index in [1.165, 1.54) is 0 Å². The average Bonchev–Trinajstić information content (AvgIpc) is 3.03. The van der Waals surface area contributed by atoms with Gasteiger partial charge in [0.1, 0.15) is 11.5 Å². The van der Waals surface area contributed by atoms with E-state index < -0.39 is 0 Å². The van der Waals surface area contributed by atoms with Crippen molar-refractivity contribution in [1.82, 2.24) is 15.0 Å². The van der Waals surface area contributed by atoms with E-state index in [2.05, 4.69) is 15.5 Å². The zero-order valence-electron chi connectivity index (χ0n) is 14.8. The van der Waals surface area contributed by atoms with E-state index in [1.54, 1.807) is 37.3 Å². The lowest BCUT2D eigenvalue weighted by molar-refractivity contribution is 0.147. The summed E-state index contributed by atoms with van der Waals surface area (Å²) in [5, 5.41) is 6.81. The van der Waals surface area contributed by atoms with Crippen LogP contribution < -0.4 is 14.8 Å². The number of carbonyl (C=O) groups is 1. The summed E-state index contributed by atoms with van der Waals surface area (Å²) in [6, 6.07) is 5.05. The number of methoxy groups -OCH3 is 2. The maximum atomic E-state index is 12.4. The van der Waals surface area contributed by atoms with E-state index in [0.29, 0.717) is 42.0 Å². The van der Waals surface area contributed by atoms with Crippen LogP contribution in [0.2, 0.25) is 0 Å². The van der Waals surface area contributed by atoms with Crippen molar-refractivity contribution in [1.29, 1.82) is 0 Å². The summed E-state index contributed by atoms with van der Waals surface area (Å²) in [5.74, 6) is 2.80. The largest absolute Gasteiger partial charge is 0.497 e. The molecule has 0 saturated carbocycles. The standard InChI is InChI=1S/C17H22N4O4/c1-10(2)15-19-16(25-20-15)11-8-21(9-11)17(22)18-13-6-5-12(23-3)7-14(13)24-4/h5-7,10-11H,8-9H2,1-4H3,(H,18,22). The van der Waals surface area contributed by atoms with Gasteiger partial charge in [-0.15, -0.1) is 0 Å². The molecule has 0 spiro atoms. The van der Waals surface area contributed by atoms with Crippen LogP contribution in [-0.4, -0.2) is 48.4 Å². The number of amides is 2. The van der Waals surface area contributed by atoms with Gasteiger partial charge in [0.25, 0.3) is 0 Å². The first-order valence-electron chi connectivity index (χ1n) is 8.13. The van der Waals surface area contributed by atoms with Crippen LogP contribution >= 0.6 is 0 Å². The Hall–Kier alpha value is -2.77. The fraction of sp³-hybridized carbons (Fsp3) is 0.471. The molecule has 1 fully saturated rings. The fourth-order valence-electron chi connectivity index (χ4n) is 2.54. The van der Waals surface area contributed by atoms with Crippen LogP contribution in [-0.2, 0) is 0 Å². The summed E-state index contributed by atoms with van der Waals surface area (Å²) in [4.78, 5) is 18.4. The molecule has 0 aliphatic carbocycles. The Balaban J connectivity index is 1.59. The van der Waals surface area contributed by atoms with Crippen LogP contribution in [0.1, 0.15) is 37.4 Å². The number of likely N-dealkylation sites (tertiary alicyclic amines) is 1. The number of carbonyl (C=O) groups excluding carboxylic acids is 1. The van der Waals surface area contributed by atoms with Crippen LogP contribution in [0.5, 0.6) is 11.5 Å². The van der Waals surface area contributed by atoms with Crippen LogP contribution in [0.15, 0.2) is 22.7 Å². The Bertz CT molecular complexity index is 753. The van der Waals surface area contributed by atoms with Crippen molar-refractivity contribution < 1.29 is 18.8 Å². The number of ether oxygens (including phenoxy) is 2. The van der Waals surface area contributed by atoms with Crippen molar-refractivity contribution in [2.45, 2.75) is 25.7 Å². The van der Waals surface area contributed by atoms with E-state index >= 15 is 0 Å². The van der Waals surface area contributed by atoms with Crippen molar-refractivity contribution >= 4 is 11.7 Å². The third kappa shape index (κ3) is 3.52. The molecule has 1 saturated heterocycles. The van der Waals surface area contributed by atoms with Gasteiger partial charge in [-0.1, -0.05) is 19.0 Å². The van der Waals surface area contributed by atoms with Crippen molar-refractivity contribution in [3.63, 3.8) is 0 Å². The molecule has 1 aromatic heterocycles. The SMILES string of the molecule is COc1ccc(NC(=O)N2CC(c3nc(C(C)C)no3)C2)c(OC)c1. The fourth-order valence-corrected chi connectivity index (χ4v) is 2.54. The highest BCUT2D eigenvalue weighted by Crippen LogP contribution is 2.31. The average molecular weight is 346 g/mol. The maximum Gasteiger partial charge on any atom is 0.321 e. The number of hydrogen-bond donors (Lipinski definition) is 1. The molecule has 0 unspecified atom stereocenters. The highest BCUT2D eigenvalue weighted by atomic mass is 16.5. The van der Waals surface area contributed by atoms with Gasteiger partial charge in [-0.2, -0.15) is 4.98 Å². The molecule has 3 rings (SSSR count). The van der Waals surface area contributed by atoms with Gasteiger partial charge in [0.2, 0.25) is 5.89 Å². The van der Waals surface area contributed by atoms with Gasteiger partial charge in [-0.25, -0.2) is 4.79 Å². The third-order valence-corrected chi connectivity index (χ3v) is 4.14. The highest BCUT2D eigenvalue weighted by molar-refractivity contribution is 5.91. The normalized spacial score (nSPS) is 14.4. The van der Waals surface area contributed by atoms with E-state index in [9.17, 15) is 4.79 Å². The van der Waals surface area contributed by atoms with Gasteiger partial charge in [0.15, 0.2) is 5.82 Å². The molecular weight excluding hydrogens is 324 g/mol. The molecule has 0 bridgehead atoms. The summed E-state index contributed by atoms with van der Waals surface area (Å²) in [5.41, 5.74) is 0.594. The summed E-state index contributed by atoms with van der Waals surface area (Å²) >= 11 is 0. The molecule has 8 nitrogen and oxygen atoms in total. The second-order valence-corrected chi connectivity index (χ2v) is 6.24. The number of benzene rings is 1. The second kappa shape index (κ2) is 7.00. The smallest absolute Gasteiger partial charge is 0.321 e. The zero-order valence-corrected chi connectivity index (χ0v) is 14.8. The lowest BCUT2D eigenvalue weighted by atomic mass is 10.0. The van der Waals surface area contributed by atoms with E-state index in [4.69, 9.17) is 14.0 Å². The number of rotatable bonds is 5. The van der Waals surface area contributed by atoms with Gasteiger partial charge in [0, 0.05) is 25.1 Å². The number of urea groups is 1. The van der Waals surface area contributed by atoms with E-state index in [0.717, 1.165) is 0 Å². The molecule has 25 heavy (non-hydrogen) atoms. The summed E-state index contributed by atoms with van der Waals surface area (Å²) in [6.07, 6.45) is 0. The molecule has 0 atom stereocenters. The third-order valence-electron chi connectivity index (χ3n) is 4.14. The van der Waals surface area contributed by atoms with Gasteiger partial charge in [-0.3, -0.25) is 0 Å². The molecule has 0 radical (unpaired) electrons. The number of aromatic nitrogens is 2. The van der Waals surface area contributed by atoms with Gasteiger partial charge in [-0.05, 0) is 12.1 Å². The van der Waals surface area contributed by atoms with Gasteiger partial charge in [0.05, 0.1) is 25.8 Å². The molecule has 1 aliphatic heterocycles. The predicted octanol–water partition coefficient (Wildman–Crippen LogP) is 2.84. The molecule has 2 aromatic rings. The van der Waals surface area contributed by atoms with Crippen molar-refractivity contribution in [3.05, 3.63) is 29.9 Å². The lowest BCUT2D eigenvalue weighted by Gasteiger charge is -2.37. The first-order chi connectivity index (χ1) is 12.0. The minimum atomic E-state index is -0.191. The van der Waals surface area contributed by atoms with Gasteiger partial charge >= 0.3 is 6.03 Å². The summed E-state index contributed by atoms with van der Waals surface area (Å²) in [7, 11) is 3.13. The molecule has 8 heteroatoms. The number of nitrogens with zero attached hydrogens (tertiary/aromatic N) is 3. The van der Waals surface area contributed by atoms with Crippen LogP contribution in [0, 0.1) is 0 Å². The number of hydrogen-bond acceptors (Lipinski definition) is 6. The minimum absolute atomic E-state index is 0.0866. The molecule has 1 aliphatic rings. The Morgan fingerprint density at radius 2 is 2.08 bits per heavy atom. The van der Waals surface area contributed by atoms with Crippen LogP contribution in [0.25, 0.3) is 0 Å². The van der Waals surface area contributed by atoms with Crippen molar-refractivity contribution in [3.8, 4) is 11.5 Å². The molecule has 134 valence electrons. The lowest BCUT2D eigenvalue weighted by Crippen LogP contribution is -2.50. The minimum Gasteiger partial charge on any atom is -0.497 e. The Labute approximate surface area is 146 Å². The van der Waals surface area contributed by atoms with Crippen molar-refractivity contribution in [2.24, 2.45) is 0 Å². The quantitative estimate of drug-likeness (QED) is 0.895. The summed E-state index contributed by atoms with van der Waals surface area (Å²) < 4.78 is 15.7. The zero-order chi connectivity index (χ0) is 18.0. The van der Waals surface area contributed by atoms with Crippen molar-refractivity contribution in [2.75, 3.05) is 32.6 Å². The summed E-state index contributed by atoms with van der Waals surface area (Å²) in [6.45, 7) is 5.11. The molecule has 2 amide bonds. The van der Waals surface area contributed by atoms with Crippen LogP contribution in [0.3, 0.4) is 0 Å². The predicted molar refractivity (Wildman–Crippen MR) is 91.3 cm³/mol. The van der Waals surface area contributed by atoms with Crippen LogP contribution in [0.4, 0.5) is 10.5 Å². The Morgan fingerprint density at radius 3 is 2.68 bits per heavy atom. The maximum absolute atomic E-state index is 12.4. The van der Waals surface area contributed by atoms with E-state index in [1.807, 2.05) is 13.8 Å². The first kappa shape index (κ1) is 17.1. The molecule has 2 heterocycles. The Kier molecular flexibility index (Phi) is 4.78. The van der Waals surface area contributed by atoms with Gasteiger partial charge < -0.3 is 24.2 Å². The molecule has 1 aromatic carbocycles. The number of anilines is 1. The number of nitrogens with one attached hydrogen (secondary N) is 1. The highest BCUT2D eigenvalue weighted by Gasteiger charge is 2.36. The second-order valence-electron chi connectivity index (χ2n) is 6.24. The molecule has 1 N–H and O–H groups in total. The topological polar surface area (TPSA) is 89.7 Å². The van der Waals surface area contributed by atoms with E-state index in [-0.39, 0.29) is 17.9 Å². The first-order valence-corrected chi connectivity index (χ1v) is 8.13.